The number of nitrogens with one attached hydrogen (secondary N) is 2. The zero-order valence-electron chi connectivity index (χ0n) is 38.1. The second-order valence-electron chi connectivity index (χ2n) is 18.1. The van der Waals surface area contributed by atoms with Gasteiger partial charge in [0.05, 0.1) is 0 Å². The minimum absolute atomic E-state index is 0.0524. The monoisotopic (exact) mass is 879 g/mol. The van der Waals surface area contributed by atoms with Crippen molar-refractivity contribution in [1.82, 2.24) is 20.4 Å². The van der Waals surface area contributed by atoms with Gasteiger partial charge in [-0.2, -0.15) is 0 Å². The molecule has 11 heteroatoms. The van der Waals surface area contributed by atoms with Gasteiger partial charge in [0.25, 0.3) is 0 Å². The highest BCUT2D eigenvalue weighted by Crippen LogP contribution is 2.48. The minimum Gasteiger partial charge on any atom is -0.508 e. The molecule has 0 radical (unpaired) electrons. The first kappa shape index (κ1) is 48.6. The van der Waals surface area contributed by atoms with Gasteiger partial charge in [0.15, 0.2) is 11.6 Å². The van der Waals surface area contributed by atoms with E-state index in [0.717, 1.165) is 64.7 Å². The smallest absolute Gasteiger partial charge is 0.167 e. The van der Waals surface area contributed by atoms with Gasteiger partial charge in [0.1, 0.15) is 28.9 Å². The number of rotatable bonds is 22. The minimum atomic E-state index is -0.810. The molecule has 0 aliphatic carbocycles. The Morgan fingerprint density at radius 2 is 0.953 bits per heavy atom. The Balaban J connectivity index is 1.49. The van der Waals surface area contributed by atoms with Crippen molar-refractivity contribution in [3.05, 3.63) is 130 Å². The number of phenols is 2. The molecule has 3 unspecified atom stereocenters. The fourth-order valence-corrected chi connectivity index (χ4v) is 10.3. The molecule has 6 rings (SSSR count). The average molecular weight is 879 g/mol. The molecule has 2 aliphatic rings. The van der Waals surface area contributed by atoms with Gasteiger partial charge < -0.3 is 30.6 Å². The van der Waals surface area contributed by atoms with Crippen molar-refractivity contribution < 1.29 is 33.4 Å². The maximum atomic E-state index is 16.3. The van der Waals surface area contributed by atoms with Gasteiger partial charge in [-0.1, -0.05) is 62.4 Å². The van der Waals surface area contributed by atoms with Gasteiger partial charge in [-0.05, 0) is 150 Å². The maximum Gasteiger partial charge on any atom is 0.167 e. The number of carbonyl (C=O) groups excluding carboxylic acids is 3. The van der Waals surface area contributed by atoms with Crippen LogP contribution in [0.1, 0.15) is 107 Å². The Bertz CT molecular complexity index is 2050. The molecule has 344 valence electrons. The zero-order valence-corrected chi connectivity index (χ0v) is 38.1. The third kappa shape index (κ3) is 11.9. The highest BCUT2D eigenvalue weighted by Gasteiger charge is 2.51. The molecule has 4 N–H and O–H groups in total. The number of benzene rings is 4. The molecule has 0 spiro atoms. The third-order valence-corrected chi connectivity index (χ3v) is 13.6. The summed E-state index contributed by atoms with van der Waals surface area (Å²) >= 11 is 0. The number of likely N-dealkylation sites (tertiary alicyclic amines) is 2. The van der Waals surface area contributed by atoms with Gasteiger partial charge >= 0.3 is 0 Å². The van der Waals surface area contributed by atoms with Crippen molar-refractivity contribution in [2.45, 2.75) is 78.1 Å². The van der Waals surface area contributed by atoms with E-state index in [4.69, 9.17) is 0 Å². The number of carbonyl (C=O) groups is 3. The van der Waals surface area contributed by atoms with Crippen molar-refractivity contribution >= 4 is 17.3 Å². The fourth-order valence-electron chi connectivity index (χ4n) is 10.3. The Labute approximate surface area is 378 Å². The number of unbranched alkanes of at least 4 members (excludes halogenated alkanes) is 2. The van der Waals surface area contributed by atoms with Crippen LogP contribution in [-0.2, 0) is 4.79 Å². The topological polar surface area (TPSA) is 122 Å². The Morgan fingerprint density at radius 3 is 1.34 bits per heavy atom. The van der Waals surface area contributed by atoms with Gasteiger partial charge in [-0.15, -0.1) is 0 Å². The number of phenolic OH excluding ortho intramolecular Hbond substituents is 2. The zero-order chi connectivity index (χ0) is 45.8. The van der Waals surface area contributed by atoms with Crippen LogP contribution in [0.25, 0.3) is 0 Å². The molecule has 2 heterocycles. The van der Waals surface area contributed by atoms with E-state index in [1.165, 1.54) is 36.4 Å². The molecule has 0 amide bonds. The first-order chi connectivity index (χ1) is 30.9. The lowest BCUT2D eigenvalue weighted by molar-refractivity contribution is -0.133. The molecular weight excluding hydrogens is 811 g/mol. The van der Waals surface area contributed by atoms with Gasteiger partial charge in [-0.3, -0.25) is 14.4 Å². The Hall–Kier alpha value is -4.81. The van der Waals surface area contributed by atoms with Gasteiger partial charge in [-0.25, -0.2) is 8.78 Å². The lowest BCUT2D eigenvalue weighted by Gasteiger charge is -2.48. The average Bonchev–Trinajstić information content (AvgIpc) is 3.29. The molecule has 2 fully saturated rings. The predicted molar refractivity (Wildman–Crippen MR) is 249 cm³/mol. The molecular formula is C53H68F2N4O5. The summed E-state index contributed by atoms with van der Waals surface area (Å²) in [6, 6.07) is 22.2. The molecule has 2 aliphatic heterocycles. The molecule has 9 nitrogen and oxygen atoms in total. The largest absolute Gasteiger partial charge is 0.508 e. The number of hydrogen-bond donors (Lipinski definition) is 4. The summed E-state index contributed by atoms with van der Waals surface area (Å²) in [5.74, 6) is -6.26. The summed E-state index contributed by atoms with van der Waals surface area (Å²) < 4.78 is 31.5. The highest BCUT2D eigenvalue weighted by atomic mass is 19.1. The third-order valence-electron chi connectivity index (χ3n) is 13.6. The lowest BCUT2D eigenvalue weighted by Crippen LogP contribution is -2.56. The van der Waals surface area contributed by atoms with Crippen molar-refractivity contribution in [2.75, 3.05) is 65.4 Å². The summed E-state index contributed by atoms with van der Waals surface area (Å²) in [5, 5.41) is 28.0. The lowest BCUT2D eigenvalue weighted by atomic mass is 9.62. The van der Waals surface area contributed by atoms with Crippen LogP contribution in [0.2, 0.25) is 0 Å². The molecule has 0 bridgehead atoms. The number of hydrogen-bond acceptors (Lipinski definition) is 9. The number of ketones is 3. The normalized spacial score (nSPS) is 21.8. The number of nitrogens with zero attached hydrogens (tertiary/aromatic N) is 2. The van der Waals surface area contributed by atoms with Crippen molar-refractivity contribution in [1.29, 1.82) is 0 Å². The summed E-state index contributed by atoms with van der Waals surface area (Å²) in [6.45, 7) is 13.7. The first-order valence-electron chi connectivity index (χ1n) is 23.5. The summed E-state index contributed by atoms with van der Waals surface area (Å²) in [5.41, 5.74) is 2.51. The summed E-state index contributed by atoms with van der Waals surface area (Å²) in [4.78, 5) is 50.6. The molecule has 4 aromatic rings. The van der Waals surface area contributed by atoms with Crippen LogP contribution in [0.15, 0.2) is 84.9 Å². The number of piperidine rings is 2. The molecule has 0 saturated carbocycles. The molecule has 4 aromatic carbocycles. The van der Waals surface area contributed by atoms with Crippen LogP contribution in [0.3, 0.4) is 0 Å². The van der Waals surface area contributed by atoms with E-state index < -0.39 is 47.1 Å². The van der Waals surface area contributed by atoms with Crippen molar-refractivity contribution in [2.24, 2.45) is 23.7 Å². The summed E-state index contributed by atoms with van der Waals surface area (Å²) in [7, 11) is 0. The number of aromatic hydroxyl groups is 2. The molecule has 0 aromatic heterocycles. The van der Waals surface area contributed by atoms with Crippen LogP contribution >= 0.6 is 0 Å². The van der Waals surface area contributed by atoms with Crippen LogP contribution < -0.4 is 10.6 Å². The van der Waals surface area contributed by atoms with E-state index in [9.17, 15) is 19.8 Å². The second-order valence-corrected chi connectivity index (χ2v) is 18.1. The van der Waals surface area contributed by atoms with E-state index >= 15 is 13.6 Å². The quantitative estimate of drug-likeness (QED) is 0.0453. The van der Waals surface area contributed by atoms with Crippen LogP contribution in [-0.4, -0.2) is 103 Å². The van der Waals surface area contributed by atoms with E-state index in [1.54, 1.807) is 50.2 Å². The molecule has 64 heavy (non-hydrogen) atoms. The van der Waals surface area contributed by atoms with E-state index in [2.05, 4.69) is 34.3 Å². The van der Waals surface area contributed by atoms with Crippen LogP contribution in [0, 0.1) is 49.2 Å². The SMILES string of the molecule is CCCNCCCCN1CC(C(=O)c2cccc(O)c2)C(c2cccc(F)c2C)C(C(=O)[C@@H]2CN(CCCCNCCC)C[C@H](C(=O)c3cccc(O)c3)[C@@H]2c2cccc(F)c2C)C1. The maximum absolute atomic E-state index is 16.3. The Kier molecular flexibility index (Phi) is 17.8. The molecule has 6 atom stereocenters. The van der Waals surface area contributed by atoms with Crippen molar-refractivity contribution in [3.8, 4) is 11.5 Å². The first-order valence-corrected chi connectivity index (χ1v) is 23.5. The van der Waals surface area contributed by atoms with Crippen LogP contribution in [0.5, 0.6) is 11.5 Å². The summed E-state index contributed by atoms with van der Waals surface area (Å²) in [6.07, 6.45) is 5.51. The number of halogens is 2. The predicted octanol–water partition coefficient (Wildman–Crippen LogP) is 8.85. The highest BCUT2D eigenvalue weighted by molar-refractivity contribution is 6.01. The Morgan fingerprint density at radius 1 is 0.562 bits per heavy atom. The second kappa shape index (κ2) is 23.4. The fraction of sp³-hybridized carbons (Fsp3) is 0.491. The van der Waals surface area contributed by atoms with Gasteiger partial charge in [0, 0.05) is 72.8 Å². The number of Topliss-reactive ketones (excluding diaryl/α,β-unsaturated/α-hetero) is 3. The van der Waals surface area contributed by atoms with Crippen LogP contribution in [0.4, 0.5) is 8.78 Å². The van der Waals surface area contributed by atoms with E-state index in [1.807, 2.05) is 12.1 Å². The standard InChI is InChI=1S/C53H68F2N4O5/c1-5-23-56-25-7-9-27-58-31-43(51(62)37-15-11-17-39(60)29-37)49(41-19-13-21-47(54)35(41)3)45(33-58)53(64)46-34-59(28-10-8-26-57-24-6-2)32-44(52(63)38-16-12-18-40(61)30-38)50(46)42-20-14-22-48(55)36(42)4/h11-22,29-30,43-46,49-50,56-57,60-61H,5-10,23-28,31-34H2,1-4H3/t43-,44?,45+,46?,49-,50?/m0/s1. The van der Waals surface area contributed by atoms with E-state index in [-0.39, 0.29) is 28.8 Å². The van der Waals surface area contributed by atoms with E-state index in [0.29, 0.717) is 72.6 Å². The van der Waals surface area contributed by atoms with Crippen molar-refractivity contribution in [3.63, 3.8) is 0 Å². The molecule has 2 saturated heterocycles. The van der Waals surface area contributed by atoms with Gasteiger partial charge in [0.2, 0.25) is 0 Å².